The summed E-state index contributed by atoms with van der Waals surface area (Å²) in [5.41, 5.74) is 2.20. The zero-order chi connectivity index (χ0) is 28.9. The Kier molecular flexibility index (Phi) is 7.57. The number of halogens is 1. The summed E-state index contributed by atoms with van der Waals surface area (Å²) in [4.78, 5) is 20.2. The number of rotatable bonds is 0. The molecular weight excluding hydrogens is 562 g/mol. The van der Waals surface area contributed by atoms with Gasteiger partial charge in [-0.25, -0.2) is 18.1 Å². The Morgan fingerprint density at radius 2 is 2.02 bits per heavy atom. The summed E-state index contributed by atoms with van der Waals surface area (Å²) in [7, 11) is -3.95. The molecule has 1 amide bonds. The lowest BCUT2D eigenvalue weighted by molar-refractivity contribution is 0.0455. The number of aryl methyl sites for hydroxylation is 1. The number of nitrogens with one attached hydrogen (secondary N) is 1. The first-order valence-corrected chi connectivity index (χ1v) is 16.6. The zero-order valence-corrected chi connectivity index (χ0v) is 25.1. The van der Waals surface area contributed by atoms with Crippen LogP contribution in [0, 0.1) is 17.8 Å². The van der Waals surface area contributed by atoms with E-state index in [-0.39, 0.29) is 28.9 Å². The van der Waals surface area contributed by atoms with Crippen LogP contribution in [0.5, 0.6) is 5.75 Å². The normalized spacial score (nSPS) is 33.8. The summed E-state index contributed by atoms with van der Waals surface area (Å²) >= 11 is 6.37. The molecule has 41 heavy (non-hydrogen) atoms. The van der Waals surface area contributed by atoms with Crippen molar-refractivity contribution in [3.8, 4) is 5.75 Å². The van der Waals surface area contributed by atoms with Gasteiger partial charge in [0.2, 0.25) is 10.0 Å². The second-order valence-corrected chi connectivity index (χ2v) is 14.9. The van der Waals surface area contributed by atoms with Crippen molar-refractivity contribution >= 4 is 33.3 Å². The number of hydrogen-bond acceptors (Lipinski definition) is 7. The highest BCUT2D eigenvalue weighted by Gasteiger charge is 2.44. The lowest BCUT2D eigenvalue weighted by atomic mass is 9.68. The average molecular weight is 600 g/mol. The van der Waals surface area contributed by atoms with Gasteiger partial charge >= 0.3 is 0 Å². The molecule has 1 aromatic heterocycles. The number of anilines is 1. The number of sulfonamides is 1. The molecule has 1 fully saturated rings. The number of carbonyl (C=O) groups excluding carboxylic acids is 1. The number of pyridine rings is 1. The van der Waals surface area contributed by atoms with Gasteiger partial charge in [0, 0.05) is 23.5 Å². The van der Waals surface area contributed by atoms with Gasteiger partial charge in [-0.3, -0.25) is 4.79 Å². The van der Waals surface area contributed by atoms with Crippen molar-refractivity contribution in [2.45, 2.75) is 69.1 Å². The monoisotopic (exact) mass is 599 g/mol. The number of fused-ring (bicyclic) bond motifs is 4. The van der Waals surface area contributed by atoms with Gasteiger partial charge in [-0.15, -0.1) is 0 Å². The van der Waals surface area contributed by atoms with E-state index in [2.05, 4.69) is 21.8 Å². The zero-order valence-electron chi connectivity index (χ0n) is 23.6. The van der Waals surface area contributed by atoms with Gasteiger partial charge in [-0.1, -0.05) is 36.7 Å². The summed E-state index contributed by atoms with van der Waals surface area (Å²) in [6.45, 7) is 5.18. The van der Waals surface area contributed by atoms with Crippen LogP contribution in [0.3, 0.4) is 0 Å². The minimum Gasteiger partial charge on any atom is -0.489 e. The summed E-state index contributed by atoms with van der Waals surface area (Å²) in [6, 6.07) is 9.37. The van der Waals surface area contributed by atoms with Crippen molar-refractivity contribution in [1.29, 1.82) is 0 Å². The summed E-state index contributed by atoms with van der Waals surface area (Å²) in [5, 5.41) is 11.0. The first-order chi connectivity index (χ1) is 19.6. The highest BCUT2D eigenvalue weighted by atomic mass is 35.5. The Hall–Kier alpha value is -2.62. The molecule has 6 atom stereocenters. The molecule has 3 heterocycles. The van der Waals surface area contributed by atoms with E-state index in [4.69, 9.17) is 21.3 Å². The molecule has 2 aromatic rings. The van der Waals surface area contributed by atoms with E-state index in [1.807, 2.05) is 25.1 Å². The maximum atomic E-state index is 13.2. The van der Waals surface area contributed by atoms with Gasteiger partial charge in [-0.05, 0) is 98.6 Å². The van der Waals surface area contributed by atoms with Gasteiger partial charge in [0.1, 0.15) is 5.69 Å². The molecule has 2 N–H and O–H groups in total. The van der Waals surface area contributed by atoms with Crippen LogP contribution in [-0.4, -0.2) is 55.5 Å². The van der Waals surface area contributed by atoms with Crippen LogP contribution in [0.25, 0.3) is 0 Å². The van der Waals surface area contributed by atoms with Gasteiger partial charge in [0.25, 0.3) is 5.91 Å². The maximum Gasteiger partial charge on any atom is 0.283 e. The van der Waals surface area contributed by atoms with E-state index in [0.29, 0.717) is 37.7 Å². The average Bonchev–Trinajstić information content (AvgIpc) is 3.06. The van der Waals surface area contributed by atoms with Crippen LogP contribution in [-0.2, 0) is 21.9 Å². The Labute approximate surface area is 247 Å². The first-order valence-electron chi connectivity index (χ1n) is 14.6. The maximum absolute atomic E-state index is 13.2. The Morgan fingerprint density at radius 1 is 1.20 bits per heavy atom. The molecule has 1 aromatic carbocycles. The fourth-order valence-electron chi connectivity index (χ4n) is 7.01. The third-order valence-corrected chi connectivity index (χ3v) is 12.0. The quantitative estimate of drug-likeness (QED) is 0.425. The highest BCUT2D eigenvalue weighted by molar-refractivity contribution is 7.90. The molecule has 1 saturated carbocycles. The van der Waals surface area contributed by atoms with Crippen LogP contribution >= 0.6 is 11.6 Å². The molecule has 0 unspecified atom stereocenters. The number of aromatic nitrogens is 1. The largest absolute Gasteiger partial charge is 0.489 e. The van der Waals surface area contributed by atoms with E-state index in [9.17, 15) is 18.3 Å². The predicted molar refractivity (Wildman–Crippen MR) is 159 cm³/mol. The molecule has 2 aliphatic heterocycles. The van der Waals surface area contributed by atoms with Gasteiger partial charge in [0.05, 0.1) is 18.0 Å². The Morgan fingerprint density at radius 3 is 2.80 bits per heavy atom. The third-order valence-electron chi connectivity index (χ3n) is 9.85. The fourth-order valence-corrected chi connectivity index (χ4v) is 8.47. The van der Waals surface area contributed by atoms with Crippen molar-refractivity contribution in [3.05, 3.63) is 64.3 Å². The number of aliphatic hydroxyl groups is 1. The summed E-state index contributed by atoms with van der Waals surface area (Å²) in [6.07, 6.45) is 8.40. The molecule has 2 bridgehead atoms. The van der Waals surface area contributed by atoms with Gasteiger partial charge in [-0.2, -0.15) is 0 Å². The molecule has 2 aliphatic carbocycles. The van der Waals surface area contributed by atoms with Crippen LogP contribution < -0.4 is 14.4 Å². The molecule has 10 heteroatoms. The molecule has 6 rings (SSSR count). The fraction of sp³-hybridized carbons (Fsp3) is 0.548. The van der Waals surface area contributed by atoms with E-state index in [1.165, 1.54) is 17.2 Å². The number of aliphatic hydroxyl groups excluding tert-OH is 1. The van der Waals surface area contributed by atoms with Crippen LogP contribution in [0.4, 0.5) is 5.82 Å². The Balaban J connectivity index is 1.42. The van der Waals surface area contributed by atoms with Gasteiger partial charge < -0.3 is 14.7 Å². The van der Waals surface area contributed by atoms with E-state index in [0.717, 1.165) is 37.1 Å². The van der Waals surface area contributed by atoms with Gasteiger partial charge in [0.15, 0.2) is 11.6 Å². The molecule has 1 spiro atoms. The van der Waals surface area contributed by atoms with Crippen molar-refractivity contribution in [2.24, 2.45) is 17.8 Å². The number of amides is 1. The molecular formula is C31H38ClN3O5S. The van der Waals surface area contributed by atoms with E-state index >= 15 is 0 Å². The van der Waals surface area contributed by atoms with Crippen molar-refractivity contribution < 1.29 is 23.1 Å². The standard InChI is InChI=1S/C31H38ClN3O5S/c1-19-5-3-7-27(36)24-10-8-22(24)16-35-17-31(14-4-6-21-15-23(32)9-11-25(21)31)18-40-28-13-12-26(33-29(28)35)30(37)34-41(38,39)20(19)2/h3,7,9,11-13,15,19-20,22,24,27,36H,4-6,8,10,14,16-18H2,1-2H3,(H,34,37)/b7-3+/t19-,20+,22-,24+,27-,31-/m0/s1. The summed E-state index contributed by atoms with van der Waals surface area (Å²) < 4.78 is 34.9. The van der Waals surface area contributed by atoms with Crippen molar-refractivity contribution in [3.63, 3.8) is 0 Å². The van der Waals surface area contributed by atoms with E-state index in [1.54, 1.807) is 13.0 Å². The topological polar surface area (TPSA) is 109 Å². The number of nitrogens with zero attached hydrogens (tertiary/aromatic N) is 2. The minimum absolute atomic E-state index is 0.0322. The molecule has 8 nitrogen and oxygen atoms in total. The third kappa shape index (κ3) is 5.37. The molecule has 4 aliphatic rings. The smallest absolute Gasteiger partial charge is 0.283 e. The number of hydrogen-bond donors (Lipinski definition) is 2. The minimum atomic E-state index is -3.95. The number of benzene rings is 1. The van der Waals surface area contributed by atoms with Crippen LogP contribution in [0.1, 0.15) is 67.6 Å². The number of ether oxygens (including phenoxy) is 1. The second-order valence-electron chi connectivity index (χ2n) is 12.4. The van der Waals surface area contributed by atoms with E-state index < -0.39 is 27.3 Å². The SMILES string of the molecule is C[C@@H]1[C@@H](C)C/C=C/[C@H](O)[C@@H]2CC[C@H]2CN2C[C@@]3(CCCc4cc(Cl)ccc43)COc3ccc(nc32)C(=O)NS1(=O)=O. The first kappa shape index (κ1) is 28.5. The molecule has 0 saturated heterocycles. The Bertz CT molecular complexity index is 1480. The lowest BCUT2D eigenvalue weighted by Crippen LogP contribution is -2.49. The summed E-state index contributed by atoms with van der Waals surface area (Å²) in [5.74, 6) is 0.460. The highest BCUT2D eigenvalue weighted by Crippen LogP contribution is 2.46. The number of allylic oxidation sites excluding steroid dienone is 1. The predicted octanol–water partition coefficient (Wildman–Crippen LogP) is 4.64. The molecule has 220 valence electrons. The van der Waals surface area contributed by atoms with Crippen molar-refractivity contribution in [1.82, 2.24) is 9.71 Å². The number of carbonyl (C=O) groups is 1. The second kappa shape index (κ2) is 10.9. The van der Waals surface area contributed by atoms with Crippen LogP contribution in [0.15, 0.2) is 42.5 Å². The van der Waals surface area contributed by atoms with Crippen molar-refractivity contribution in [2.75, 3.05) is 24.6 Å². The molecule has 0 radical (unpaired) electrons. The van der Waals surface area contributed by atoms with Crippen LogP contribution in [0.2, 0.25) is 5.02 Å². The lowest BCUT2D eigenvalue weighted by Gasteiger charge is -2.45.